The Morgan fingerprint density at radius 2 is 2.42 bits per heavy atom. The lowest BCUT2D eigenvalue weighted by atomic mass is 10.3. The molecule has 2 rings (SSSR count). The fourth-order valence-corrected chi connectivity index (χ4v) is 1.69. The second-order valence-corrected chi connectivity index (χ2v) is 2.96. The lowest BCUT2D eigenvalue weighted by Gasteiger charge is -2.02. The van der Waals surface area contributed by atoms with Crippen molar-refractivity contribution in [3.8, 4) is 0 Å². The number of esters is 1. The van der Waals surface area contributed by atoms with E-state index in [0.717, 1.165) is 19.4 Å². The van der Waals surface area contributed by atoms with Gasteiger partial charge in [-0.15, -0.1) is 0 Å². The van der Waals surface area contributed by atoms with Crippen LogP contribution in [0.3, 0.4) is 0 Å². The highest BCUT2D eigenvalue weighted by Crippen LogP contribution is 2.19. The molecule has 12 heavy (non-hydrogen) atoms. The number of methoxy groups -OCH3 is 1. The zero-order valence-corrected chi connectivity index (χ0v) is 7.04. The Morgan fingerprint density at radius 1 is 1.58 bits per heavy atom. The molecule has 1 aliphatic rings. The highest BCUT2D eigenvalue weighted by atomic mass is 16.5. The maximum absolute atomic E-state index is 11.2. The number of rotatable bonds is 1. The van der Waals surface area contributed by atoms with Crippen molar-refractivity contribution in [3.63, 3.8) is 0 Å². The second kappa shape index (κ2) is 2.66. The van der Waals surface area contributed by atoms with Crippen LogP contribution in [-0.2, 0) is 17.7 Å². The smallest absolute Gasteiger partial charge is 0.354 e. The summed E-state index contributed by atoms with van der Waals surface area (Å²) >= 11 is 0. The molecule has 0 bridgehead atoms. The number of carbonyl (C=O) groups excluding carboxylic acids is 1. The Morgan fingerprint density at radius 3 is 3.17 bits per heavy atom. The van der Waals surface area contributed by atoms with Gasteiger partial charge in [0.1, 0.15) is 5.69 Å². The highest BCUT2D eigenvalue weighted by molar-refractivity contribution is 5.87. The summed E-state index contributed by atoms with van der Waals surface area (Å²) < 4.78 is 6.69. The van der Waals surface area contributed by atoms with Gasteiger partial charge >= 0.3 is 5.97 Å². The summed E-state index contributed by atoms with van der Waals surface area (Å²) in [5.74, 6) is -0.233. The van der Waals surface area contributed by atoms with E-state index < -0.39 is 0 Å². The minimum atomic E-state index is -0.233. The molecule has 0 spiro atoms. The minimum Gasteiger partial charge on any atom is -0.464 e. The van der Waals surface area contributed by atoms with E-state index in [4.69, 9.17) is 0 Å². The number of carbonyl (C=O) groups is 1. The standard InChI is InChI=1S/C9H11NO2/c1-12-9(11)8-5-4-7-3-2-6-10(7)8/h4-5H,2-3,6H2,1H3. The van der Waals surface area contributed by atoms with Gasteiger partial charge < -0.3 is 9.30 Å². The molecule has 0 saturated carbocycles. The van der Waals surface area contributed by atoms with E-state index in [1.807, 2.05) is 16.7 Å². The fraction of sp³-hybridized carbons (Fsp3) is 0.444. The normalized spacial score (nSPS) is 14.4. The number of nitrogens with zero attached hydrogens (tertiary/aromatic N) is 1. The third-order valence-corrected chi connectivity index (χ3v) is 2.28. The first-order chi connectivity index (χ1) is 5.83. The zero-order chi connectivity index (χ0) is 8.55. The topological polar surface area (TPSA) is 31.2 Å². The number of hydrogen-bond donors (Lipinski definition) is 0. The number of fused-ring (bicyclic) bond motifs is 1. The molecule has 1 aliphatic heterocycles. The Labute approximate surface area is 70.9 Å². The quantitative estimate of drug-likeness (QED) is 0.586. The molecule has 0 saturated heterocycles. The predicted octanol–water partition coefficient (Wildman–Crippen LogP) is 1.22. The van der Waals surface area contributed by atoms with Crippen LogP contribution in [-0.4, -0.2) is 17.6 Å². The number of aromatic nitrogens is 1. The Bertz CT molecular complexity index is 314. The molecule has 2 heterocycles. The minimum absolute atomic E-state index is 0.233. The van der Waals surface area contributed by atoms with E-state index in [-0.39, 0.29) is 5.97 Å². The van der Waals surface area contributed by atoms with Gasteiger partial charge in [-0.25, -0.2) is 4.79 Å². The maximum Gasteiger partial charge on any atom is 0.354 e. The summed E-state index contributed by atoms with van der Waals surface area (Å²) in [6.07, 6.45) is 2.22. The van der Waals surface area contributed by atoms with Gasteiger partial charge in [0, 0.05) is 12.2 Å². The van der Waals surface area contributed by atoms with Crippen molar-refractivity contribution >= 4 is 5.97 Å². The van der Waals surface area contributed by atoms with E-state index in [1.165, 1.54) is 12.8 Å². The van der Waals surface area contributed by atoms with E-state index in [9.17, 15) is 4.79 Å². The van der Waals surface area contributed by atoms with Crippen LogP contribution in [0.2, 0.25) is 0 Å². The lowest BCUT2D eigenvalue weighted by molar-refractivity contribution is 0.0589. The van der Waals surface area contributed by atoms with Crippen molar-refractivity contribution in [2.75, 3.05) is 7.11 Å². The molecule has 0 radical (unpaired) electrons. The number of ether oxygens (including phenoxy) is 1. The van der Waals surface area contributed by atoms with Gasteiger partial charge in [-0.05, 0) is 25.0 Å². The number of hydrogen-bond acceptors (Lipinski definition) is 2. The predicted molar refractivity (Wildman–Crippen MR) is 44.1 cm³/mol. The van der Waals surface area contributed by atoms with Gasteiger partial charge in [-0.2, -0.15) is 0 Å². The molecule has 0 N–H and O–H groups in total. The molecule has 1 aromatic rings. The molecule has 1 aromatic heterocycles. The molecular formula is C9H11NO2. The summed E-state index contributed by atoms with van der Waals surface area (Å²) in [7, 11) is 1.41. The summed E-state index contributed by atoms with van der Waals surface area (Å²) in [5, 5.41) is 0. The molecule has 0 aliphatic carbocycles. The number of aryl methyl sites for hydroxylation is 1. The zero-order valence-electron chi connectivity index (χ0n) is 7.04. The third-order valence-electron chi connectivity index (χ3n) is 2.28. The summed E-state index contributed by atoms with van der Waals surface area (Å²) in [6, 6.07) is 3.83. The highest BCUT2D eigenvalue weighted by Gasteiger charge is 2.18. The average Bonchev–Trinajstić information content (AvgIpc) is 2.62. The van der Waals surface area contributed by atoms with E-state index in [1.54, 1.807) is 0 Å². The van der Waals surface area contributed by atoms with Gasteiger partial charge in [0.2, 0.25) is 0 Å². The van der Waals surface area contributed by atoms with Crippen molar-refractivity contribution in [2.45, 2.75) is 19.4 Å². The van der Waals surface area contributed by atoms with Crippen LogP contribution in [0.4, 0.5) is 0 Å². The van der Waals surface area contributed by atoms with Gasteiger partial charge in [0.25, 0.3) is 0 Å². The van der Waals surface area contributed by atoms with Crippen molar-refractivity contribution in [1.82, 2.24) is 4.57 Å². The maximum atomic E-state index is 11.2. The molecule has 0 aromatic carbocycles. The van der Waals surface area contributed by atoms with Gasteiger partial charge in [-0.1, -0.05) is 0 Å². The monoisotopic (exact) mass is 165 g/mol. The van der Waals surface area contributed by atoms with Crippen LogP contribution in [0.25, 0.3) is 0 Å². The van der Waals surface area contributed by atoms with Crippen molar-refractivity contribution in [2.24, 2.45) is 0 Å². The second-order valence-electron chi connectivity index (χ2n) is 2.96. The van der Waals surface area contributed by atoms with Crippen LogP contribution < -0.4 is 0 Å². The molecule has 3 heteroatoms. The molecular weight excluding hydrogens is 154 g/mol. The molecule has 0 atom stereocenters. The lowest BCUT2D eigenvalue weighted by Crippen LogP contribution is -2.08. The Hall–Kier alpha value is -1.25. The average molecular weight is 165 g/mol. The van der Waals surface area contributed by atoms with Crippen LogP contribution >= 0.6 is 0 Å². The van der Waals surface area contributed by atoms with Crippen LogP contribution in [0.1, 0.15) is 22.6 Å². The Balaban J connectivity index is 2.39. The SMILES string of the molecule is COC(=O)c1ccc2n1CCC2. The molecule has 0 amide bonds. The van der Waals surface area contributed by atoms with E-state index in [2.05, 4.69) is 4.74 Å². The Kier molecular flexibility index (Phi) is 1.64. The molecule has 3 nitrogen and oxygen atoms in total. The fourth-order valence-electron chi connectivity index (χ4n) is 1.69. The third kappa shape index (κ3) is 0.932. The van der Waals surface area contributed by atoms with E-state index >= 15 is 0 Å². The van der Waals surface area contributed by atoms with Crippen molar-refractivity contribution in [3.05, 3.63) is 23.5 Å². The van der Waals surface area contributed by atoms with Crippen molar-refractivity contribution in [1.29, 1.82) is 0 Å². The summed E-state index contributed by atoms with van der Waals surface area (Å²) in [6.45, 7) is 0.951. The van der Waals surface area contributed by atoms with Crippen molar-refractivity contribution < 1.29 is 9.53 Å². The first kappa shape index (κ1) is 7.40. The van der Waals surface area contributed by atoms with E-state index in [0.29, 0.717) is 5.69 Å². The summed E-state index contributed by atoms with van der Waals surface area (Å²) in [5.41, 5.74) is 1.93. The summed E-state index contributed by atoms with van der Waals surface area (Å²) in [4.78, 5) is 11.2. The first-order valence-corrected chi connectivity index (χ1v) is 4.09. The van der Waals surface area contributed by atoms with Gasteiger partial charge in [-0.3, -0.25) is 0 Å². The first-order valence-electron chi connectivity index (χ1n) is 4.09. The van der Waals surface area contributed by atoms with Crippen LogP contribution in [0.5, 0.6) is 0 Å². The largest absolute Gasteiger partial charge is 0.464 e. The molecule has 0 unspecified atom stereocenters. The van der Waals surface area contributed by atoms with Gasteiger partial charge in [0.05, 0.1) is 7.11 Å². The van der Waals surface area contributed by atoms with Gasteiger partial charge in [0.15, 0.2) is 0 Å². The van der Waals surface area contributed by atoms with Crippen LogP contribution in [0.15, 0.2) is 12.1 Å². The molecule has 64 valence electrons. The molecule has 0 fully saturated rings. The van der Waals surface area contributed by atoms with Crippen LogP contribution in [0, 0.1) is 0 Å².